The minimum atomic E-state index is -3.58. The van der Waals surface area contributed by atoms with E-state index in [9.17, 15) is 13.2 Å². The number of nitrogens with zero attached hydrogens (tertiary/aromatic N) is 5. The van der Waals surface area contributed by atoms with Crippen LogP contribution in [-0.4, -0.2) is 71.2 Å². The third kappa shape index (κ3) is 7.19. The first-order valence-corrected chi connectivity index (χ1v) is 14.6. The zero-order valence-corrected chi connectivity index (χ0v) is 23.9. The van der Waals surface area contributed by atoms with E-state index in [1.54, 1.807) is 19.2 Å². The van der Waals surface area contributed by atoms with Crippen LogP contribution in [0.5, 0.6) is 0 Å². The lowest BCUT2D eigenvalue weighted by Gasteiger charge is -2.23. The zero-order valence-electron chi connectivity index (χ0n) is 22.2. The van der Waals surface area contributed by atoms with Crippen LogP contribution in [0, 0.1) is 0 Å². The molecule has 11 heteroatoms. The van der Waals surface area contributed by atoms with Gasteiger partial charge in [-0.2, -0.15) is 4.31 Å². The van der Waals surface area contributed by atoms with Crippen LogP contribution in [0.2, 0.25) is 0 Å². The van der Waals surface area contributed by atoms with E-state index < -0.39 is 10.0 Å². The maximum atomic E-state index is 12.7. The van der Waals surface area contributed by atoms with Gasteiger partial charge >= 0.3 is 0 Å². The number of amides is 1. The fourth-order valence-corrected chi connectivity index (χ4v) is 5.94. The van der Waals surface area contributed by atoms with E-state index in [1.807, 2.05) is 46.1 Å². The number of aromatic nitrogens is 3. The van der Waals surface area contributed by atoms with Gasteiger partial charge in [-0.1, -0.05) is 49.0 Å². The van der Waals surface area contributed by atoms with Gasteiger partial charge in [-0.3, -0.25) is 9.69 Å². The summed E-state index contributed by atoms with van der Waals surface area (Å²) in [6.07, 6.45) is 0.879. The first-order valence-electron chi connectivity index (χ1n) is 12.2. The highest BCUT2D eigenvalue weighted by Crippen LogP contribution is 2.26. The van der Waals surface area contributed by atoms with Crippen LogP contribution in [0.3, 0.4) is 0 Å². The molecule has 0 saturated carbocycles. The SMILES string of the molecule is CCC(c1nnc(SCC(=O)Nc2ccc(S(=O)(=O)N(C)C(C)C)cc2)n1Cc1ccccc1)N(C)C. The summed E-state index contributed by atoms with van der Waals surface area (Å²) in [5.74, 6) is 0.791. The average Bonchev–Trinajstić information content (AvgIpc) is 3.25. The second-order valence-corrected chi connectivity index (χ2v) is 12.2. The van der Waals surface area contributed by atoms with Crippen LogP contribution in [0.15, 0.2) is 64.6 Å². The predicted molar refractivity (Wildman–Crippen MR) is 148 cm³/mol. The molecule has 0 aliphatic carbocycles. The number of anilines is 1. The van der Waals surface area contributed by atoms with Crippen molar-refractivity contribution in [3.8, 4) is 0 Å². The monoisotopic (exact) mass is 544 g/mol. The van der Waals surface area contributed by atoms with E-state index >= 15 is 0 Å². The smallest absolute Gasteiger partial charge is 0.243 e. The maximum Gasteiger partial charge on any atom is 0.243 e. The van der Waals surface area contributed by atoms with Crippen molar-refractivity contribution in [3.63, 3.8) is 0 Å². The molecule has 0 saturated heterocycles. The Kier molecular flexibility index (Phi) is 9.88. The van der Waals surface area contributed by atoms with Crippen LogP contribution in [0.4, 0.5) is 5.69 Å². The van der Waals surface area contributed by atoms with Gasteiger partial charge in [-0.15, -0.1) is 10.2 Å². The van der Waals surface area contributed by atoms with Crippen LogP contribution >= 0.6 is 11.8 Å². The molecule has 1 amide bonds. The second kappa shape index (κ2) is 12.7. The van der Waals surface area contributed by atoms with Crippen molar-refractivity contribution in [2.45, 2.75) is 55.9 Å². The van der Waals surface area contributed by atoms with Gasteiger partial charge in [0.2, 0.25) is 15.9 Å². The van der Waals surface area contributed by atoms with Crippen LogP contribution < -0.4 is 5.32 Å². The van der Waals surface area contributed by atoms with Crippen LogP contribution in [-0.2, 0) is 21.4 Å². The summed E-state index contributed by atoms with van der Waals surface area (Å²) in [4.78, 5) is 15.0. The topological polar surface area (TPSA) is 100 Å². The Labute approximate surface area is 224 Å². The number of rotatable bonds is 12. The first-order chi connectivity index (χ1) is 17.5. The zero-order chi connectivity index (χ0) is 27.2. The average molecular weight is 545 g/mol. The quantitative estimate of drug-likeness (QED) is 0.343. The fraction of sp³-hybridized carbons (Fsp3) is 0.423. The van der Waals surface area contributed by atoms with Crippen molar-refractivity contribution in [2.24, 2.45) is 0 Å². The highest BCUT2D eigenvalue weighted by molar-refractivity contribution is 7.99. The molecule has 0 fully saturated rings. The number of thioether (sulfide) groups is 1. The molecule has 3 rings (SSSR count). The van der Waals surface area contributed by atoms with Crippen molar-refractivity contribution in [2.75, 3.05) is 32.2 Å². The summed E-state index contributed by atoms with van der Waals surface area (Å²) in [5.41, 5.74) is 1.66. The Morgan fingerprint density at radius 3 is 2.24 bits per heavy atom. The van der Waals surface area contributed by atoms with Gasteiger partial charge in [0.15, 0.2) is 11.0 Å². The number of sulfonamides is 1. The molecule has 1 atom stereocenters. The number of hydrogen-bond acceptors (Lipinski definition) is 7. The number of carbonyl (C=O) groups is 1. The van der Waals surface area contributed by atoms with Gasteiger partial charge < -0.3 is 9.88 Å². The van der Waals surface area contributed by atoms with Crippen LogP contribution in [0.1, 0.15) is 44.6 Å². The van der Waals surface area contributed by atoms with E-state index in [1.165, 1.54) is 28.2 Å². The Hall–Kier alpha value is -2.73. The third-order valence-electron chi connectivity index (χ3n) is 6.11. The fourth-order valence-electron chi connectivity index (χ4n) is 3.83. The first kappa shape index (κ1) is 28.8. The van der Waals surface area contributed by atoms with Gasteiger partial charge in [-0.05, 0) is 64.2 Å². The molecule has 200 valence electrons. The van der Waals surface area contributed by atoms with Crippen molar-refractivity contribution >= 4 is 33.4 Å². The van der Waals surface area contributed by atoms with Gasteiger partial charge in [0.25, 0.3) is 0 Å². The van der Waals surface area contributed by atoms with E-state index in [2.05, 4.69) is 44.0 Å². The Balaban J connectivity index is 1.71. The summed E-state index contributed by atoms with van der Waals surface area (Å²) in [7, 11) is 2.02. The molecule has 2 aromatic carbocycles. The molecule has 1 unspecified atom stereocenters. The standard InChI is InChI=1S/C26H36N6O3S2/c1-7-23(30(4)5)25-28-29-26(32(25)17-20-11-9-8-10-12-20)36-18-24(33)27-21-13-15-22(16-14-21)37(34,35)31(6)19(2)3/h8-16,19,23H,7,17-18H2,1-6H3,(H,27,33). The van der Waals surface area contributed by atoms with E-state index in [0.717, 1.165) is 17.8 Å². The summed E-state index contributed by atoms with van der Waals surface area (Å²) >= 11 is 1.32. The van der Waals surface area contributed by atoms with Gasteiger partial charge in [0.1, 0.15) is 0 Å². The van der Waals surface area contributed by atoms with E-state index in [-0.39, 0.29) is 28.6 Å². The number of carbonyl (C=O) groups excluding carboxylic acids is 1. The molecular formula is C26H36N6O3S2. The molecule has 37 heavy (non-hydrogen) atoms. The number of nitrogens with one attached hydrogen (secondary N) is 1. The van der Waals surface area contributed by atoms with Gasteiger partial charge in [0, 0.05) is 18.8 Å². The highest BCUT2D eigenvalue weighted by atomic mass is 32.2. The van der Waals surface area contributed by atoms with Crippen molar-refractivity contribution in [1.29, 1.82) is 0 Å². The lowest BCUT2D eigenvalue weighted by atomic mass is 10.2. The largest absolute Gasteiger partial charge is 0.325 e. The normalized spacial score (nSPS) is 12.9. The van der Waals surface area contributed by atoms with E-state index in [4.69, 9.17) is 0 Å². The lowest BCUT2D eigenvalue weighted by Crippen LogP contribution is -2.33. The Morgan fingerprint density at radius 1 is 1.03 bits per heavy atom. The third-order valence-corrected chi connectivity index (χ3v) is 9.13. The Bertz CT molecular complexity index is 1280. The second-order valence-electron chi connectivity index (χ2n) is 9.28. The molecule has 1 aromatic heterocycles. The summed E-state index contributed by atoms with van der Waals surface area (Å²) in [6, 6.07) is 16.3. The molecule has 0 aliphatic heterocycles. The Morgan fingerprint density at radius 2 is 1.68 bits per heavy atom. The summed E-state index contributed by atoms with van der Waals surface area (Å²) in [5, 5.41) is 12.4. The molecule has 0 bridgehead atoms. The summed E-state index contributed by atoms with van der Waals surface area (Å²) < 4.78 is 28.7. The summed E-state index contributed by atoms with van der Waals surface area (Å²) in [6.45, 7) is 6.36. The van der Waals surface area contributed by atoms with E-state index in [0.29, 0.717) is 17.4 Å². The molecule has 0 aliphatic rings. The molecule has 0 radical (unpaired) electrons. The molecule has 0 spiro atoms. The molecule has 3 aromatic rings. The lowest BCUT2D eigenvalue weighted by molar-refractivity contribution is -0.113. The van der Waals surface area contributed by atoms with Crippen molar-refractivity contribution in [1.82, 2.24) is 24.0 Å². The minimum Gasteiger partial charge on any atom is -0.325 e. The number of benzene rings is 2. The minimum absolute atomic E-state index is 0.101. The van der Waals surface area contributed by atoms with Crippen molar-refractivity contribution in [3.05, 3.63) is 66.0 Å². The van der Waals surface area contributed by atoms with Gasteiger partial charge in [0.05, 0.1) is 23.2 Å². The van der Waals surface area contributed by atoms with Crippen molar-refractivity contribution < 1.29 is 13.2 Å². The van der Waals surface area contributed by atoms with Crippen LogP contribution in [0.25, 0.3) is 0 Å². The molecule has 1 N–H and O–H groups in total. The highest BCUT2D eigenvalue weighted by Gasteiger charge is 2.24. The predicted octanol–water partition coefficient (Wildman–Crippen LogP) is 4.10. The molecular weight excluding hydrogens is 508 g/mol. The number of hydrogen-bond donors (Lipinski definition) is 1. The van der Waals surface area contributed by atoms with Gasteiger partial charge in [-0.25, -0.2) is 8.42 Å². The molecule has 1 heterocycles. The maximum absolute atomic E-state index is 12.7. The molecule has 9 nitrogen and oxygen atoms in total.